The molecule has 1 unspecified atom stereocenters. The third-order valence-electron chi connectivity index (χ3n) is 3.61. The third-order valence-corrected chi connectivity index (χ3v) is 4.64. The van der Waals surface area contributed by atoms with Crippen LogP contribution in [0.5, 0.6) is 0 Å². The number of aryl methyl sites for hydroxylation is 2. The molecule has 100 valence electrons. The van der Waals surface area contributed by atoms with Crippen LogP contribution in [0.15, 0.2) is 29.6 Å². The molecule has 1 atom stereocenters. The standard InChI is InChI=1S/C16H20N2S/c1-3-12-6-4-5-7-14(12)15(18-13-8-9-13)16-17-11(2)10-19-16/h4-7,10,13,15,18H,3,8-9H2,1-2H3. The van der Waals surface area contributed by atoms with E-state index in [0.717, 1.165) is 12.1 Å². The van der Waals surface area contributed by atoms with E-state index in [1.54, 1.807) is 11.3 Å². The van der Waals surface area contributed by atoms with E-state index in [4.69, 9.17) is 4.98 Å². The number of aromatic nitrogens is 1. The molecule has 3 heteroatoms. The Morgan fingerprint density at radius 3 is 2.79 bits per heavy atom. The third kappa shape index (κ3) is 2.88. The zero-order valence-electron chi connectivity index (χ0n) is 11.5. The van der Waals surface area contributed by atoms with E-state index in [1.165, 1.54) is 29.0 Å². The first-order chi connectivity index (χ1) is 9.28. The average molecular weight is 272 g/mol. The summed E-state index contributed by atoms with van der Waals surface area (Å²) in [6, 6.07) is 9.69. The van der Waals surface area contributed by atoms with Crippen molar-refractivity contribution in [3.05, 3.63) is 51.5 Å². The van der Waals surface area contributed by atoms with Crippen LogP contribution in [0.25, 0.3) is 0 Å². The predicted octanol–water partition coefficient (Wildman–Crippen LogP) is 3.86. The van der Waals surface area contributed by atoms with Gasteiger partial charge in [0.05, 0.1) is 6.04 Å². The summed E-state index contributed by atoms with van der Waals surface area (Å²) in [5.41, 5.74) is 3.94. The maximum absolute atomic E-state index is 4.70. The molecule has 1 fully saturated rings. The summed E-state index contributed by atoms with van der Waals surface area (Å²) in [7, 11) is 0. The lowest BCUT2D eigenvalue weighted by molar-refractivity contribution is 0.593. The van der Waals surface area contributed by atoms with Crippen LogP contribution >= 0.6 is 11.3 Å². The van der Waals surface area contributed by atoms with Gasteiger partial charge in [0.2, 0.25) is 0 Å². The predicted molar refractivity (Wildman–Crippen MR) is 80.7 cm³/mol. The highest BCUT2D eigenvalue weighted by molar-refractivity contribution is 7.09. The molecule has 1 aromatic heterocycles. The van der Waals surface area contributed by atoms with Gasteiger partial charge in [0, 0.05) is 17.1 Å². The van der Waals surface area contributed by atoms with Gasteiger partial charge in [-0.2, -0.15) is 0 Å². The topological polar surface area (TPSA) is 24.9 Å². The second-order valence-electron chi connectivity index (χ2n) is 5.25. The molecule has 3 rings (SSSR count). The molecular weight excluding hydrogens is 252 g/mol. The van der Waals surface area contributed by atoms with Crippen molar-refractivity contribution in [1.29, 1.82) is 0 Å². The summed E-state index contributed by atoms with van der Waals surface area (Å²) >= 11 is 1.77. The van der Waals surface area contributed by atoms with Crippen molar-refractivity contribution < 1.29 is 0 Å². The van der Waals surface area contributed by atoms with E-state index in [-0.39, 0.29) is 6.04 Å². The zero-order chi connectivity index (χ0) is 13.2. The van der Waals surface area contributed by atoms with Crippen LogP contribution in [-0.4, -0.2) is 11.0 Å². The first-order valence-electron chi connectivity index (χ1n) is 7.03. The Labute approximate surface area is 118 Å². The molecule has 19 heavy (non-hydrogen) atoms. The van der Waals surface area contributed by atoms with Crippen molar-refractivity contribution >= 4 is 11.3 Å². The molecule has 0 bridgehead atoms. The molecule has 1 N–H and O–H groups in total. The van der Waals surface area contributed by atoms with E-state index in [9.17, 15) is 0 Å². The van der Waals surface area contributed by atoms with Crippen LogP contribution in [-0.2, 0) is 6.42 Å². The number of hydrogen-bond donors (Lipinski definition) is 1. The number of thiazole rings is 1. The van der Waals surface area contributed by atoms with Gasteiger partial charge < -0.3 is 5.32 Å². The Bertz CT molecular complexity index is 557. The van der Waals surface area contributed by atoms with Crippen LogP contribution < -0.4 is 5.32 Å². The summed E-state index contributed by atoms with van der Waals surface area (Å²) in [5.74, 6) is 0. The van der Waals surface area contributed by atoms with Crippen molar-refractivity contribution in [1.82, 2.24) is 10.3 Å². The number of rotatable bonds is 5. The monoisotopic (exact) mass is 272 g/mol. The summed E-state index contributed by atoms with van der Waals surface area (Å²) < 4.78 is 0. The molecule has 0 radical (unpaired) electrons. The van der Waals surface area contributed by atoms with Crippen LogP contribution in [0.1, 0.15) is 47.6 Å². The lowest BCUT2D eigenvalue weighted by Gasteiger charge is -2.19. The fraction of sp³-hybridized carbons (Fsp3) is 0.438. The molecule has 0 saturated heterocycles. The van der Waals surface area contributed by atoms with Gasteiger partial charge >= 0.3 is 0 Å². The van der Waals surface area contributed by atoms with Gasteiger partial charge in [0.1, 0.15) is 5.01 Å². The summed E-state index contributed by atoms with van der Waals surface area (Å²) in [4.78, 5) is 4.70. The molecule has 0 aliphatic heterocycles. The normalized spacial score (nSPS) is 16.5. The van der Waals surface area contributed by atoms with Gasteiger partial charge in [0.15, 0.2) is 0 Å². The van der Waals surface area contributed by atoms with E-state index in [1.807, 2.05) is 0 Å². The Hall–Kier alpha value is -1.19. The van der Waals surface area contributed by atoms with Gasteiger partial charge in [0.25, 0.3) is 0 Å². The highest BCUT2D eigenvalue weighted by atomic mass is 32.1. The highest BCUT2D eigenvalue weighted by Gasteiger charge is 2.28. The zero-order valence-corrected chi connectivity index (χ0v) is 12.3. The number of benzene rings is 1. The molecule has 1 heterocycles. The van der Waals surface area contributed by atoms with Gasteiger partial charge in [-0.3, -0.25) is 0 Å². The van der Waals surface area contributed by atoms with Crippen LogP contribution in [0.4, 0.5) is 0 Å². The maximum Gasteiger partial charge on any atom is 0.114 e. The van der Waals surface area contributed by atoms with E-state index < -0.39 is 0 Å². The van der Waals surface area contributed by atoms with Crippen LogP contribution in [0, 0.1) is 6.92 Å². The first-order valence-corrected chi connectivity index (χ1v) is 7.91. The largest absolute Gasteiger partial charge is 0.301 e. The summed E-state index contributed by atoms with van der Waals surface area (Å²) in [5, 5.41) is 7.10. The highest BCUT2D eigenvalue weighted by Crippen LogP contribution is 2.32. The minimum absolute atomic E-state index is 0.266. The maximum atomic E-state index is 4.70. The second kappa shape index (κ2) is 5.43. The molecule has 1 aliphatic rings. The Morgan fingerprint density at radius 1 is 1.37 bits per heavy atom. The molecular formula is C16H20N2S. The first kappa shape index (κ1) is 12.8. The lowest BCUT2D eigenvalue weighted by atomic mass is 9.99. The van der Waals surface area contributed by atoms with Crippen LogP contribution in [0.2, 0.25) is 0 Å². The molecule has 1 aromatic carbocycles. The fourth-order valence-electron chi connectivity index (χ4n) is 2.42. The van der Waals surface area contributed by atoms with E-state index >= 15 is 0 Å². The van der Waals surface area contributed by atoms with E-state index in [0.29, 0.717) is 6.04 Å². The number of nitrogens with one attached hydrogen (secondary N) is 1. The number of nitrogens with zero attached hydrogens (tertiary/aromatic N) is 1. The lowest BCUT2D eigenvalue weighted by Crippen LogP contribution is -2.25. The Kier molecular flexibility index (Phi) is 3.67. The quantitative estimate of drug-likeness (QED) is 0.894. The number of hydrogen-bond acceptors (Lipinski definition) is 3. The fourth-order valence-corrected chi connectivity index (χ4v) is 3.29. The molecule has 0 amide bonds. The van der Waals surface area contributed by atoms with Crippen molar-refractivity contribution in [2.24, 2.45) is 0 Å². The minimum atomic E-state index is 0.266. The Morgan fingerprint density at radius 2 is 2.16 bits per heavy atom. The molecule has 2 nitrogen and oxygen atoms in total. The van der Waals surface area contributed by atoms with E-state index in [2.05, 4.69) is 48.8 Å². The van der Waals surface area contributed by atoms with Crippen molar-refractivity contribution in [2.45, 2.75) is 45.2 Å². The Balaban J connectivity index is 1.97. The second-order valence-corrected chi connectivity index (χ2v) is 6.14. The van der Waals surface area contributed by atoms with Gasteiger partial charge in [-0.05, 0) is 37.3 Å². The molecule has 1 aliphatic carbocycles. The SMILES string of the molecule is CCc1ccccc1C(NC1CC1)c1nc(C)cs1. The average Bonchev–Trinajstić information content (AvgIpc) is 3.16. The van der Waals surface area contributed by atoms with Gasteiger partial charge in [-0.25, -0.2) is 4.98 Å². The molecule has 0 spiro atoms. The van der Waals surface area contributed by atoms with Crippen molar-refractivity contribution in [2.75, 3.05) is 0 Å². The molecule has 2 aromatic rings. The van der Waals surface area contributed by atoms with Gasteiger partial charge in [-0.1, -0.05) is 31.2 Å². The molecule has 1 saturated carbocycles. The van der Waals surface area contributed by atoms with Crippen LogP contribution in [0.3, 0.4) is 0 Å². The van der Waals surface area contributed by atoms with Crippen molar-refractivity contribution in [3.8, 4) is 0 Å². The summed E-state index contributed by atoms with van der Waals surface area (Å²) in [6.45, 7) is 4.29. The minimum Gasteiger partial charge on any atom is -0.301 e. The smallest absolute Gasteiger partial charge is 0.114 e. The van der Waals surface area contributed by atoms with Crippen molar-refractivity contribution in [3.63, 3.8) is 0 Å². The van der Waals surface area contributed by atoms with Gasteiger partial charge in [-0.15, -0.1) is 11.3 Å². The summed E-state index contributed by atoms with van der Waals surface area (Å²) in [6.07, 6.45) is 3.67.